The van der Waals surface area contributed by atoms with Gasteiger partial charge in [0.15, 0.2) is 0 Å². The van der Waals surface area contributed by atoms with Crippen LogP contribution in [0.5, 0.6) is 0 Å². The molecule has 0 amide bonds. The Labute approximate surface area is 87.3 Å². The SMILES string of the molecule is N=C/C(=C\c1ncc(CO)[nH]1)CNS. The Hall–Kier alpha value is -1.11. The summed E-state index contributed by atoms with van der Waals surface area (Å²) >= 11 is 3.84. The van der Waals surface area contributed by atoms with Crippen LogP contribution in [-0.4, -0.2) is 27.8 Å². The van der Waals surface area contributed by atoms with Gasteiger partial charge in [0.2, 0.25) is 0 Å². The molecule has 14 heavy (non-hydrogen) atoms. The quantitative estimate of drug-likeness (QED) is 0.361. The molecule has 0 aliphatic carbocycles. The van der Waals surface area contributed by atoms with E-state index in [0.717, 1.165) is 5.57 Å². The van der Waals surface area contributed by atoms with Crippen LogP contribution in [0.1, 0.15) is 11.5 Å². The minimum Gasteiger partial charge on any atom is -0.390 e. The average molecular weight is 212 g/mol. The van der Waals surface area contributed by atoms with Crippen molar-refractivity contribution >= 4 is 25.1 Å². The van der Waals surface area contributed by atoms with Crippen molar-refractivity contribution in [3.8, 4) is 0 Å². The van der Waals surface area contributed by atoms with Crippen molar-refractivity contribution in [2.75, 3.05) is 6.54 Å². The van der Waals surface area contributed by atoms with Crippen LogP contribution in [0, 0.1) is 5.41 Å². The van der Waals surface area contributed by atoms with E-state index in [0.29, 0.717) is 18.1 Å². The molecule has 76 valence electrons. The molecule has 6 heteroatoms. The molecule has 0 radical (unpaired) electrons. The third-order valence-corrected chi connectivity index (χ3v) is 1.77. The van der Waals surface area contributed by atoms with Crippen LogP contribution in [0.25, 0.3) is 6.08 Å². The first-order chi connectivity index (χ1) is 6.80. The summed E-state index contributed by atoms with van der Waals surface area (Å²) in [5, 5.41) is 15.9. The number of aromatic amines is 1. The molecule has 4 N–H and O–H groups in total. The van der Waals surface area contributed by atoms with Gasteiger partial charge >= 0.3 is 0 Å². The molecule has 0 saturated heterocycles. The molecule has 5 nitrogen and oxygen atoms in total. The van der Waals surface area contributed by atoms with E-state index in [2.05, 4.69) is 27.5 Å². The van der Waals surface area contributed by atoms with Gasteiger partial charge in [-0.25, -0.2) is 4.98 Å². The van der Waals surface area contributed by atoms with Crippen LogP contribution in [-0.2, 0) is 6.61 Å². The van der Waals surface area contributed by atoms with E-state index in [1.54, 1.807) is 12.3 Å². The fraction of sp³-hybridized carbons (Fsp3) is 0.250. The Morgan fingerprint density at radius 2 is 2.57 bits per heavy atom. The lowest BCUT2D eigenvalue weighted by molar-refractivity contribution is 0.277. The molecule has 0 saturated carbocycles. The topological polar surface area (TPSA) is 84.8 Å². The summed E-state index contributed by atoms with van der Waals surface area (Å²) in [4.78, 5) is 6.90. The molecule has 0 bridgehead atoms. The van der Waals surface area contributed by atoms with Gasteiger partial charge in [-0.15, -0.1) is 0 Å². The predicted molar refractivity (Wildman–Crippen MR) is 58.3 cm³/mol. The fourth-order valence-electron chi connectivity index (χ4n) is 0.941. The Kier molecular flexibility index (Phi) is 4.37. The summed E-state index contributed by atoms with van der Waals surface area (Å²) in [6.07, 6.45) is 4.50. The molecule has 0 atom stereocenters. The Balaban J connectivity index is 2.77. The maximum absolute atomic E-state index is 8.78. The number of hydrogen-bond donors (Lipinski definition) is 5. The summed E-state index contributed by atoms with van der Waals surface area (Å²) < 4.78 is 2.64. The van der Waals surface area contributed by atoms with E-state index in [9.17, 15) is 0 Å². The lowest BCUT2D eigenvalue weighted by Gasteiger charge is -1.96. The highest BCUT2D eigenvalue weighted by atomic mass is 32.1. The van der Waals surface area contributed by atoms with Crippen molar-refractivity contribution in [3.05, 3.63) is 23.3 Å². The molecule has 1 aromatic rings. The van der Waals surface area contributed by atoms with E-state index in [-0.39, 0.29) is 6.61 Å². The van der Waals surface area contributed by atoms with Crippen molar-refractivity contribution in [3.63, 3.8) is 0 Å². The van der Waals surface area contributed by atoms with Crippen molar-refractivity contribution in [1.82, 2.24) is 14.7 Å². The van der Waals surface area contributed by atoms with Crippen molar-refractivity contribution < 1.29 is 5.11 Å². The maximum Gasteiger partial charge on any atom is 0.130 e. The van der Waals surface area contributed by atoms with Gasteiger partial charge in [0.25, 0.3) is 0 Å². The molecular formula is C8H12N4OS. The Bertz CT molecular complexity index is 334. The van der Waals surface area contributed by atoms with E-state index in [1.165, 1.54) is 6.21 Å². The van der Waals surface area contributed by atoms with E-state index >= 15 is 0 Å². The monoisotopic (exact) mass is 212 g/mol. The molecule has 0 aliphatic rings. The van der Waals surface area contributed by atoms with Gasteiger partial charge in [0.05, 0.1) is 18.5 Å². The van der Waals surface area contributed by atoms with Crippen molar-refractivity contribution in [2.24, 2.45) is 0 Å². The van der Waals surface area contributed by atoms with Gasteiger partial charge in [0.1, 0.15) is 5.82 Å². The standard InChI is InChI=1S/C8H12N4OS/c9-2-6(3-11-14)1-8-10-4-7(5-13)12-8/h1-2,4,9,11,13-14H,3,5H2,(H,10,12)/b6-1+,9-2?. The first kappa shape index (κ1) is 11.0. The lowest BCUT2D eigenvalue weighted by Crippen LogP contribution is -2.05. The van der Waals surface area contributed by atoms with E-state index in [4.69, 9.17) is 10.5 Å². The van der Waals surface area contributed by atoms with Gasteiger partial charge in [-0.1, -0.05) is 12.8 Å². The molecule has 0 unspecified atom stereocenters. The number of nitrogens with zero attached hydrogens (tertiary/aromatic N) is 1. The van der Waals surface area contributed by atoms with Crippen LogP contribution in [0.4, 0.5) is 0 Å². The second-order valence-corrected chi connectivity index (χ2v) is 2.97. The third kappa shape index (κ3) is 2.99. The number of rotatable bonds is 5. The summed E-state index contributed by atoms with van der Waals surface area (Å²) in [6.45, 7) is 0.424. The summed E-state index contributed by atoms with van der Waals surface area (Å²) in [5.74, 6) is 0.621. The zero-order chi connectivity index (χ0) is 10.4. The van der Waals surface area contributed by atoms with Gasteiger partial charge in [-0.3, -0.25) is 4.72 Å². The second kappa shape index (κ2) is 5.58. The first-order valence-corrected chi connectivity index (χ1v) is 4.47. The normalized spacial score (nSPS) is 11.7. The summed E-state index contributed by atoms with van der Waals surface area (Å²) in [7, 11) is 0. The molecule has 1 heterocycles. The average Bonchev–Trinajstić information content (AvgIpc) is 2.65. The predicted octanol–water partition coefficient (Wildman–Crippen LogP) is 0.369. The van der Waals surface area contributed by atoms with Crippen LogP contribution in [0.3, 0.4) is 0 Å². The van der Waals surface area contributed by atoms with E-state index in [1.807, 2.05) is 0 Å². The van der Waals surface area contributed by atoms with Crippen molar-refractivity contribution in [1.29, 1.82) is 5.41 Å². The van der Waals surface area contributed by atoms with Gasteiger partial charge in [-0.05, 0) is 11.6 Å². The molecule has 0 aliphatic heterocycles. The summed E-state index contributed by atoms with van der Waals surface area (Å²) in [6, 6.07) is 0. The van der Waals surface area contributed by atoms with Crippen LogP contribution < -0.4 is 4.72 Å². The van der Waals surface area contributed by atoms with Gasteiger partial charge < -0.3 is 15.5 Å². The minimum absolute atomic E-state index is 0.0639. The molecular weight excluding hydrogens is 200 g/mol. The molecule has 0 fully saturated rings. The van der Waals surface area contributed by atoms with Gasteiger partial charge in [-0.2, -0.15) is 0 Å². The van der Waals surface area contributed by atoms with Crippen molar-refractivity contribution in [2.45, 2.75) is 6.61 Å². The molecule has 0 spiro atoms. The first-order valence-electron chi connectivity index (χ1n) is 4.03. The molecule has 1 rings (SSSR count). The number of nitrogens with one attached hydrogen (secondary N) is 3. The largest absolute Gasteiger partial charge is 0.390 e. The number of hydrogen-bond acceptors (Lipinski definition) is 5. The fourth-order valence-corrected chi connectivity index (χ4v) is 1.12. The number of imidazole rings is 1. The zero-order valence-corrected chi connectivity index (χ0v) is 8.38. The van der Waals surface area contributed by atoms with Crippen LogP contribution in [0.2, 0.25) is 0 Å². The Morgan fingerprint density at radius 3 is 3.07 bits per heavy atom. The maximum atomic E-state index is 8.78. The minimum atomic E-state index is -0.0639. The molecule has 1 aromatic heterocycles. The van der Waals surface area contributed by atoms with Crippen LogP contribution >= 0.6 is 12.8 Å². The molecule has 0 aromatic carbocycles. The van der Waals surface area contributed by atoms with Gasteiger partial charge in [0, 0.05) is 12.8 Å². The highest BCUT2D eigenvalue weighted by Crippen LogP contribution is 2.02. The van der Waals surface area contributed by atoms with Crippen LogP contribution in [0.15, 0.2) is 11.8 Å². The third-order valence-electron chi connectivity index (χ3n) is 1.61. The lowest BCUT2D eigenvalue weighted by atomic mass is 10.2. The number of aromatic nitrogens is 2. The highest BCUT2D eigenvalue weighted by molar-refractivity contribution is 7.78. The number of H-pyrrole nitrogens is 1. The van der Waals surface area contributed by atoms with E-state index < -0.39 is 0 Å². The highest BCUT2D eigenvalue weighted by Gasteiger charge is 1.98. The number of thiol groups is 1. The number of aliphatic hydroxyl groups excluding tert-OH is 1. The smallest absolute Gasteiger partial charge is 0.130 e. The second-order valence-electron chi connectivity index (χ2n) is 2.65. The Morgan fingerprint density at radius 1 is 1.79 bits per heavy atom. The zero-order valence-electron chi connectivity index (χ0n) is 7.49. The number of aliphatic hydroxyl groups is 1. The summed E-state index contributed by atoms with van der Waals surface area (Å²) in [5.41, 5.74) is 1.40.